The van der Waals surface area contributed by atoms with E-state index in [1.165, 1.54) is 11.5 Å². The molecule has 0 aliphatic carbocycles. The highest BCUT2D eigenvalue weighted by atomic mass is 32.2. The molecule has 5 heteroatoms. The van der Waals surface area contributed by atoms with Gasteiger partial charge >= 0.3 is 0 Å². The normalized spacial score (nSPS) is 15.9. The molecule has 18 heavy (non-hydrogen) atoms. The summed E-state index contributed by atoms with van der Waals surface area (Å²) in [6.07, 6.45) is 0. The predicted molar refractivity (Wildman–Crippen MR) is 78.6 cm³/mol. The fourth-order valence-electron chi connectivity index (χ4n) is 2.19. The Kier molecular flexibility index (Phi) is 3.23. The zero-order valence-electron chi connectivity index (χ0n) is 10.4. The molecule has 1 aliphatic rings. The van der Waals surface area contributed by atoms with Crippen LogP contribution in [0.15, 0.2) is 24.3 Å². The SMILES string of the molecule is CNc1nc(N2CCSCC2)c2ccccc2n1. The molecule has 0 unspecified atom stereocenters. The lowest BCUT2D eigenvalue weighted by molar-refractivity contribution is 0.843. The van der Waals surface area contributed by atoms with Gasteiger partial charge in [0, 0.05) is 37.0 Å². The van der Waals surface area contributed by atoms with Crippen molar-refractivity contribution in [2.24, 2.45) is 0 Å². The smallest absolute Gasteiger partial charge is 0.224 e. The summed E-state index contributed by atoms with van der Waals surface area (Å²) in [6, 6.07) is 8.21. The summed E-state index contributed by atoms with van der Waals surface area (Å²) in [6.45, 7) is 2.13. The van der Waals surface area contributed by atoms with Gasteiger partial charge in [0.1, 0.15) is 5.82 Å². The third kappa shape index (κ3) is 2.10. The minimum atomic E-state index is 0.696. The van der Waals surface area contributed by atoms with E-state index in [9.17, 15) is 0 Å². The van der Waals surface area contributed by atoms with Gasteiger partial charge in [0.25, 0.3) is 0 Å². The monoisotopic (exact) mass is 260 g/mol. The fraction of sp³-hybridized carbons (Fsp3) is 0.385. The van der Waals surface area contributed by atoms with Crippen molar-refractivity contribution in [3.8, 4) is 0 Å². The van der Waals surface area contributed by atoms with Crippen LogP contribution in [0.4, 0.5) is 11.8 Å². The molecule has 1 aromatic heterocycles. The van der Waals surface area contributed by atoms with Gasteiger partial charge in [-0.2, -0.15) is 16.7 Å². The van der Waals surface area contributed by atoms with Crippen molar-refractivity contribution in [3.63, 3.8) is 0 Å². The first-order chi connectivity index (χ1) is 8.88. The van der Waals surface area contributed by atoms with Crippen LogP contribution in [0.2, 0.25) is 0 Å². The van der Waals surface area contributed by atoms with Gasteiger partial charge < -0.3 is 10.2 Å². The number of thioether (sulfide) groups is 1. The van der Waals surface area contributed by atoms with E-state index in [-0.39, 0.29) is 0 Å². The first-order valence-electron chi connectivity index (χ1n) is 6.16. The van der Waals surface area contributed by atoms with E-state index in [4.69, 9.17) is 0 Å². The van der Waals surface area contributed by atoms with Crippen LogP contribution in [0.3, 0.4) is 0 Å². The first kappa shape index (κ1) is 11.6. The van der Waals surface area contributed by atoms with Gasteiger partial charge in [-0.25, -0.2) is 4.98 Å². The lowest BCUT2D eigenvalue weighted by atomic mass is 10.2. The van der Waals surface area contributed by atoms with Crippen molar-refractivity contribution in [1.29, 1.82) is 0 Å². The summed E-state index contributed by atoms with van der Waals surface area (Å²) < 4.78 is 0. The molecule has 94 valence electrons. The number of aromatic nitrogens is 2. The maximum Gasteiger partial charge on any atom is 0.224 e. The Balaban J connectivity index is 2.12. The van der Waals surface area contributed by atoms with E-state index in [0.717, 1.165) is 29.8 Å². The number of rotatable bonds is 2. The number of fused-ring (bicyclic) bond motifs is 1. The first-order valence-corrected chi connectivity index (χ1v) is 7.31. The van der Waals surface area contributed by atoms with Crippen LogP contribution < -0.4 is 10.2 Å². The number of anilines is 2. The third-order valence-electron chi connectivity index (χ3n) is 3.12. The molecular formula is C13H16N4S. The van der Waals surface area contributed by atoms with Crippen molar-refractivity contribution in [1.82, 2.24) is 9.97 Å². The summed E-state index contributed by atoms with van der Waals surface area (Å²) >= 11 is 2.01. The van der Waals surface area contributed by atoms with Crippen molar-refractivity contribution >= 4 is 34.4 Å². The molecule has 2 aromatic rings. The second-order valence-electron chi connectivity index (χ2n) is 4.24. The highest BCUT2D eigenvalue weighted by Gasteiger charge is 2.16. The number of nitrogens with zero attached hydrogens (tertiary/aromatic N) is 3. The van der Waals surface area contributed by atoms with Gasteiger partial charge in [0.2, 0.25) is 5.95 Å². The molecular weight excluding hydrogens is 244 g/mol. The number of hydrogen-bond acceptors (Lipinski definition) is 5. The van der Waals surface area contributed by atoms with E-state index in [1.807, 2.05) is 37.0 Å². The van der Waals surface area contributed by atoms with Crippen LogP contribution in [0.25, 0.3) is 10.9 Å². The van der Waals surface area contributed by atoms with Gasteiger partial charge in [-0.15, -0.1) is 0 Å². The Hall–Kier alpha value is -1.49. The standard InChI is InChI=1S/C13H16N4S/c1-14-13-15-11-5-3-2-4-10(11)12(16-13)17-6-8-18-9-7-17/h2-5H,6-9H2,1H3,(H,14,15,16). The minimum Gasteiger partial charge on any atom is -0.357 e. The Morgan fingerprint density at radius 2 is 1.94 bits per heavy atom. The lowest BCUT2D eigenvalue weighted by Gasteiger charge is -2.28. The van der Waals surface area contributed by atoms with Crippen LogP contribution in [0.1, 0.15) is 0 Å². The van der Waals surface area contributed by atoms with Crippen molar-refractivity contribution in [3.05, 3.63) is 24.3 Å². The molecule has 0 bridgehead atoms. The maximum atomic E-state index is 4.64. The van der Waals surface area contributed by atoms with Gasteiger partial charge in [0.05, 0.1) is 5.52 Å². The van der Waals surface area contributed by atoms with Crippen LogP contribution in [-0.4, -0.2) is 41.6 Å². The average Bonchev–Trinajstić information content (AvgIpc) is 2.47. The molecule has 0 spiro atoms. The Morgan fingerprint density at radius 1 is 1.17 bits per heavy atom. The van der Waals surface area contributed by atoms with Crippen LogP contribution in [0.5, 0.6) is 0 Å². The summed E-state index contributed by atoms with van der Waals surface area (Å²) in [5.41, 5.74) is 1.00. The van der Waals surface area contributed by atoms with Crippen LogP contribution >= 0.6 is 11.8 Å². The van der Waals surface area contributed by atoms with Gasteiger partial charge in [0.15, 0.2) is 0 Å². The molecule has 1 N–H and O–H groups in total. The molecule has 4 nitrogen and oxygen atoms in total. The Labute approximate surface area is 111 Å². The molecule has 1 fully saturated rings. The molecule has 0 saturated carbocycles. The summed E-state index contributed by atoms with van der Waals surface area (Å²) in [7, 11) is 1.86. The van der Waals surface area contributed by atoms with E-state index in [0.29, 0.717) is 5.95 Å². The summed E-state index contributed by atoms with van der Waals surface area (Å²) in [5, 5.41) is 4.19. The molecule has 0 radical (unpaired) electrons. The largest absolute Gasteiger partial charge is 0.357 e. The predicted octanol–water partition coefficient (Wildman–Crippen LogP) is 2.22. The highest BCUT2D eigenvalue weighted by Crippen LogP contribution is 2.27. The summed E-state index contributed by atoms with van der Waals surface area (Å²) in [5.74, 6) is 4.10. The Bertz CT molecular complexity index is 552. The third-order valence-corrected chi connectivity index (χ3v) is 4.06. The van der Waals surface area contributed by atoms with Crippen LogP contribution in [-0.2, 0) is 0 Å². The quantitative estimate of drug-likeness (QED) is 0.896. The Morgan fingerprint density at radius 3 is 2.72 bits per heavy atom. The molecule has 3 rings (SSSR count). The van der Waals surface area contributed by atoms with E-state index in [2.05, 4.69) is 26.3 Å². The average molecular weight is 260 g/mol. The van der Waals surface area contributed by atoms with Crippen molar-refractivity contribution in [2.45, 2.75) is 0 Å². The van der Waals surface area contributed by atoms with Crippen molar-refractivity contribution < 1.29 is 0 Å². The second kappa shape index (κ2) is 5.02. The van der Waals surface area contributed by atoms with Gasteiger partial charge in [-0.1, -0.05) is 12.1 Å². The molecule has 1 aliphatic heterocycles. The number of nitrogens with one attached hydrogen (secondary N) is 1. The number of benzene rings is 1. The second-order valence-corrected chi connectivity index (χ2v) is 5.46. The topological polar surface area (TPSA) is 41.1 Å². The van der Waals surface area contributed by atoms with E-state index >= 15 is 0 Å². The fourth-order valence-corrected chi connectivity index (χ4v) is 3.09. The zero-order chi connectivity index (χ0) is 12.4. The molecule has 1 aromatic carbocycles. The molecule has 2 heterocycles. The van der Waals surface area contributed by atoms with Gasteiger partial charge in [-0.05, 0) is 12.1 Å². The summed E-state index contributed by atoms with van der Waals surface area (Å²) in [4.78, 5) is 11.5. The van der Waals surface area contributed by atoms with E-state index < -0.39 is 0 Å². The van der Waals surface area contributed by atoms with E-state index in [1.54, 1.807) is 0 Å². The molecule has 0 atom stereocenters. The zero-order valence-corrected chi connectivity index (χ0v) is 11.2. The lowest BCUT2D eigenvalue weighted by Crippen LogP contribution is -2.33. The molecule has 1 saturated heterocycles. The maximum absolute atomic E-state index is 4.64. The van der Waals surface area contributed by atoms with Gasteiger partial charge in [-0.3, -0.25) is 0 Å². The number of para-hydroxylation sites is 1. The highest BCUT2D eigenvalue weighted by molar-refractivity contribution is 7.99. The minimum absolute atomic E-state index is 0.696. The van der Waals surface area contributed by atoms with Crippen LogP contribution in [0, 0.1) is 0 Å². The number of hydrogen-bond donors (Lipinski definition) is 1. The molecule has 0 amide bonds. The van der Waals surface area contributed by atoms with Crippen molar-refractivity contribution in [2.75, 3.05) is 41.9 Å².